The van der Waals surface area contributed by atoms with Crippen molar-refractivity contribution in [1.82, 2.24) is 14.5 Å². The summed E-state index contributed by atoms with van der Waals surface area (Å²) in [5.74, 6) is 0. The van der Waals surface area contributed by atoms with Gasteiger partial charge in [-0.2, -0.15) is 12.1 Å². The zero-order valence-electron chi connectivity index (χ0n) is 11.2. The van der Waals surface area contributed by atoms with Gasteiger partial charge in [0.15, 0.2) is 0 Å². The zero-order valence-corrected chi connectivity index (χ0v) is 14.3. The van der Waals surface area contributed by atoms with Crippen LogP contribution in [0.2, 0.25) is 0 Å². The molecule has 3 heterocycles. The molecule has 3 aromatic rings. The van der Waals surface area contributed by atoms with E-state index in [2.05, 4.69) is 25.6 Å². The number of hydrogen-bond acceptors (Lipinski definition) is 2. The molecule has 0 unspecified atom stereocenters. The topological polar surface area (TPSA) is 30.7 Å². The molecule has 0 bridgehead atoms. The Morgan fingerprint density at radius 3 is 2.52 bits per heavy atom. The predicted molar refractivity (Wildman–Crippen MR) is 79.5 cm³/mol. The molecule has 0 atom stereocenters. The van der Waals surface area contributed by atoms with Crippen molar-refractivity contribution in [2.45, 2.75) is 13.0 Å². The first-order valence-electron chi connectivity index (χ1n) is 6.40. The van der Waals surface area contributed by atoms with Gasteiger partial charge in [0.2, 0.25) is 0 Å². The molecule has 0 amide bonds. The molecule has 0 aromatic carbocycles. The van der Waals surface area contributed by atoms with Gasteiger partial charge >= 0.3 is 28.2 Å². The van der Waals surface area contributed by atoms with Crippen molar-refractivity contribution in [1.29, 1.82) is 0 Å². The smallest absolute Gasteiger partial charge is 0.0583 e. The van der Waals surface area contributed by atoms with Crippen LogP contribution in [0.4, 0.5) is 0 Å². The minimum Gasteiger partial charge on any atom is -0.466 e. The van der Waals surface area contributed by atoms with Crippen molar-refractivity contribution in [2.24, 2.45) is 0 Å². The van der Waals surface area contributed by atoms with Crippen molar-refractivity contribution in [3.05, 3.63) is 84.2 Å². The van der Waals surface area contributed by atoms with E-state index in [4.69, 9.17) is 0 Å². The molecular formula is C16H14ClN3Pt. The van der Waals surface area contributed by atoms with E-state index in [-0.39, 0.29) is 0 Å². The zero-order chi connectivity index (χ0) is 14.9. The Balaban J connectivity index is 0.000000774. The summed E-state index contributed by atoms with van der Waals surface area (Å²) in [7, 11) is 4.61. The third-order valence-electron chi connectivity index (χ3n) is 2.89. The summed E-state index contributed by atoms with van der Waals surface area (Å²) >= 11 is 1.61. The number of pyridine rings is 2. The van der Waals surface area contributed by atoms with Crippen LogP contribution in [0.3, 0.4) is 0 Å². The van der Waals surface area contributed by atoms with Gasteiger partial charge in [0.25, 0.3) is 0 Å². The van der Waals surface area contributed by atoms with Gasteiger partial charge in [-0.3, -0.25) is 9.97 Å². The fourth-order valence-electron chi connectivity index (χ4n) is 2.01. The second kappa shape index (κ2) is 8.76. The first-order valence-corrected chi connectivity index (χ1v) is 9.21. The molecule has 5 heteroatoms. The average Bonchev–Trinajstić information content (AvgIpc) is 3.04. The van der Waals surface area contributed by atoms with E-state index in [0.717, 1.165) is 30.0 Å². The van der Waals surface area contributed by atoms with Gasteiger partial charge in [-0.05, 0) is 24.3 Å². The molecule has 110 valence electrons. The van der Waals surface area contributed by atoms with Crippen LogP contribution < -0.4 is 0 Å². The van der Waals surface area contributed by atoms with Crippen LogP contribution in [0.15, 0.2) is 60.9 Å². The first kappa shape index (κ1) is 15.9. The van der Waals surface area contributed by atoms with Gasteiger partial charge in [-0.15, -0.1) is 12.4 Å². The molecule has 3 aromatic heterocycles. The second-order valence-corrected chi connectivity index (χ2v) is 4.38. The molecule has 0 saturated carbocycles. The normalized spacial score (nSPS) is 9.86. The van der Waals surface area contributed by atoms with Crippen molar-refractivity contribution < 1.29 is 18.8 Å². The molecule has 3 nitrogen and oxygen atoms in total. The summed E-state index contributed by atoms with van der Waals surface area (Å²) in [6.07, 6.45) is 7.69. The van der Waals surface area contributed by atoms with E-state index in [0.29, 0.717) is 0 Å². The summed E-state index contributed by atoms with van der Waals surface area (Å²) in [5.41, 5.74) is 3.13. The molecule has 0 spiro atoms. The maximum absolute atomic E-state index is 4.66. The summed E-state index contributed by atoms with van der Waals surface area (Å²) in [4.78, 5) is 8.99. The fraction of sp³-hybridized carbons (Fsp3) is 0.125. The fourth-order valence-corrected chi connectivity index (χ4v) is 2.01. The summed E-state index contributed by atoms with van der Waals surface area (Å²) in [6, 6.07) is 15.9. The van der Waals surface area contributed by atoms with E-state index < -0.39 is 0 Å². The van der Waals surface area contributed by atoms with Gasteiger partial charge in [0.1, 0.15) is 0 Å². The average molecular weight is 479 g/mol. The first-order chi connectivity index (χ1) is 10.4. The van der Waals surface area contributed by atoms with Gasteiger partial charge in [-0.1, -0.05) is 12.1 Å². The maximum atomic E-state index is 4.66. The molecule has 0 fully saturated rings. The van der Waals surface area contributed by atoms with Crippen LogP contribution in [0.25, 0.3) is 0 Å². The number of halogens is 1. The van der Waals surface area contributed by atoms with E-state index in [1.54, 1.807) is 18.8 Å². The molecule has 0 saturated heterocycles. The summed E-state index contributed by atoms with van der Waals surface area (Å²) in [5, 5.41) is 0. The van der Waals surface area contributed by atoms with Crippen molar-refractivity contribution in [3.63, 3.8) is 0 Å². The van der Waals surface area contributed by atoms with E-state index in [1.165, 1.54) is 0 Å². The third kappa shape index (κ3) is 5.11. The molecule has 0 N–H and O–H groups in total. The van der Waals surface area contributed by atoms with Crippen molar-refractivity contribution in [2.75, 3.05) is 0 Å². The molecule has 0 aliphatic heterocycles. The van der Waals surface area contributed by atoms with Gasteiger partial charge in [0.05, 0.1) is 5.69 Å². The Bertz CT molecular complexity index is 642. The third-order valence-corrected chi connectivity index (χ3v) is 2.89. The predicted octanol–water partition coefficient (Wildman–Crippen LogP) is 3.40. The Morgan fingerprint density at radius 1 is 1.00 bits per heavy atom. The molecule has 21 heavy (non-hydrogen) atoms. The van der Waals surface area contributed by atoms with Crippen LogP contribution in [-0.4, -0.2) is 14.5 Å². The number of hydrogen-bond donors (Lipinski definition) is 0. The van der Waals surface area contributed by atoms with Gasteiger partial charge in [0, 0.05) is 30.6 Å². The minimum absolute atomic E-state index is 0.753. The summed E-state index contributed by atoms with van der Waals surface area (Å²) < 4.78 is 1.99. The van der Waals surface area contributed by atoms with E-state index in [1.807, 2.05) is 65.5 Å². The molecular weight excluding hydrogens is 465 g/mol. The van der Waals surface area contributed by atoms with Crippen LogP contribution in [0.5, 0.6) is 0 Å². The number of aromatic nitrogens is 3. The molecule has 3 rings (SSSR count). The van der Waals surface area contributed by atoms with Crippen LogP contribution in [0, 0.1) is 6.20 Å². The second-order valence-electron chi connectivity index (χ2n) is 4.38. The van der Waals surface area contributed by atoms with E-state index >= 15 is 0 Å². The van der Waals surface area contributed by atoms with Gasteiger partial charge < -0.3 is 4.57 Å². The monoisotopic (exact) mass is 478 g/mol. The largest absolute Gasteiger partial charge is 0.466 e. The standard InChI is InChI=1S/C16H14N3.ClH.Pt/c1-2-9-17-14(6-1)12-15-7-5-8-16(18-15)13-19-10-3-4-11-19;;/h1-10H,12-13H2;1H;/q-1;;+2/p-1. The maximum Gasteiger partial charge on any atom is 0.0583 e. The number of nitrogens with zero attached hydrogens (tertiary/aromatic N) is 3. The SMILES string of the molecule is [Cl][Pt+].[c-]1cccn1Cc1cccc(Cc2ccccn2)n1. The van der Waals surface area contributed by atoms with Gasteiger partial charge in [-0.25, -0.2) is 0 Å². The molecule has 0 aliphatic rings. The van der Waals surface area contributed by atoms with Crippen LogP contribution in [-0.2, 0) is 31.7 Å². The minimum atomic E-state index is 0.753. The van der Waals surface area contributed by atoms with Crippen LogP contribution in [0.1, 0.15) is 17.1 Å². The van der Waals surface area contributed by atoms with Crippen LogP contribution >= 0.6 is 9.42 Å². The van der Waals surface area contributed by atoms with Crippen molar-refractivity contribution >= 4 is 9.42 Å². The summed E-state index contributed by atoms with van der Waals surface area (Å²) in [6.45, 7) is 0.753. The van der Waals surface area contributed by atoms with E-state index in [9.17, 15) is 0 Å². The Hall–Kier alpha value is -1.44. The Labute approximate surface area is 139 Å². The number of rotatable bonds is 4. The van der Waals surface area contributed by atoms with Crippen molar-refractivity contribution in [3.8, 4) is 0 Å². The Morgan fingerprint density at radius 2 is 1.81 bits per heavy atom. The Kier molecular flexibility index (Phi) is 6.65. The molecule has 0 aliphatic carbocycles. The quantitative estimate of drug-likeness (QED) is 0.538. The molecule has 0 radical (unpaired) electrons.